The van der Waals surface area contributed by atoms with E-state index in [1.54, 1.807) is 12.3 Å². The van der Waals surface area contributed by atoms with E-state index in [1.165, 1.54) is 0 Å². The first kappa shape index (κ1) is 20.8. The summed E-state index contributed by atoms with van der Waals surface area (Å²) in [6.45, 7) is 2.04. The predicted molar refractivity (Wildman–Crippen MR) is 121 cm³/mol. The van der Waals surface area contributed by atoms with Gasteiger partial charge in [0.1, 0.15) is 11.6 Å². The van der Waals surface area contributed by atoms with Crippen LogP contribution in [0.4, 0.5) is 25.0 Å². The highest BCUT2D eigenvalue weighted by Gasteiger charge is 2.17. The number of hydrogen-bond donors (Lipinski definition) is 2. The summed E-state index contributed by atoms with van der Waals surface area (Å²) in [6.07, 6.45) is 2.35. The number of nitrogens with one attached hydrogen (secondary N) is 2. The smallest absolute Gasteiger partial charge is 0.306 e. The standard InChI is InChI=1S/C24H18ClF2N3O/c1-2-14-6-5-8-17-22(16-7-3-4-9-18(16)25)21(13-28-23(14)17)30-24(31)29-20-11-10-15(26)12-19(20)27/h3-13H,2H2,1H3,(H2,29,30,31). The number of benzene rings is 3. The average molecular weight is 438 g/mol. The van der Waals surface area contributed by atoms with Crippen LogP contribution >= 0.6 is 11.6 Å². The number of aromatic nitrogens is 1. The van der Waals surface area contributed by atoms with E-state index < -0.39 is 17.7 Å². The van der Waals surface area contributed by atoms with Gasteiger partial charge in [0.05, 0.1) is 23.1 Å². The van der Waals surface area contributed by atoms with Gasteiger partial charge in [0.2, 0.25) is 0 Å². The fourth-order valence-electron chi connectivity index (χ4n) is 3.49. The highest BCUT2D eigenvalue weighted by Crippen LogP contribution is 2.39. The van der Waals surface area contributed by atoms with Crippen LogP contribution in [0.15, 0.2) is 66.9 Å². The van der Waals surface area contributed by atoms with Crippen molar-refractivity contribution in [3.05, 3.63) is 89.1 Å². The van der Waals surface area contributed by atoms with Crippen LogP contribution in [0.1, 0.15) is 12.5 Å². The highest BCUT2D eigenvalue weighted by atomic mass is 35.5. The number of para-hydroxylation sites is 1. The number of rotatable bonds is 4. The summed E-state index contributed by atoms with van der Waals surface area (Å²) in [6, 6.07) is 15.4. The van der Waals surface area contributed by atoms with Crippen molar-refractivity contribution in [3.63, 3.8) is 0 Å². The Morgan fingerprint density at radius 1 is 1.00 bits per heavy atom. The maximum Gasteiger partial charge on any atom is 0.323 e. The second-order valence-corrected chi connectivity index (χ2v) is 7.30. The number of hydrogen-bond acceptors (Lipinski definition) is 2. The van der Waals surface area contributed by atoms with Gasteiger partial charge in [-0.1, -0.05) is 54.9 Å². The molecule has 0 aliphatic rings. The van der Waals surface area contributed by atoms with Crippen molar-refractivity contribution in [1.82, 2.24) is 4.98 Å². The number of nitrogens with zero attached hydrogens (tertiary/aromatic N) is 1. The molecule has 156 valence electrons. The Hall–Kier alpha value is -3.51. The molecular weight excluding hydrogens is 420 g/mol. The summed E-state index contributed by atoms with van der Waals surface area (Å²) in [5, 5.41) is 6.47. The minimum absolute atomic E-state index is 0.139. The summed E-state index contributed by atoms with van der Waals surface area (Å²) < 4.78 is 27.1. The summed E-state index contributed by atoms with van der Waals surface area (Å²) in [5.41, 5.74) is 3.59. The van der Waals surface area contributed by atoms with E-state index in [0.717, 1.165) is 40.6 Å². The highest BCUT2D eigenvalue weighted by molar-refractivity contribution is 6.34. The van der Waals surface area contributed by atoms with E-state index in [9.17, 15) is 13.6 Å². The van der Waals surface area contributed by atoms with Gasteiger partial charge in [-0.3, -0.25) is 4.98 Å². The second kappa shape index (κ2) is 8.70. The molecule has 2 amide bonds. The van der Waals surface area contributed by atoms with Crippen LogP contribution in [0.3, 0.4) is 0 Å². The van der Waals surface area contributed by atoms with E-state index in [-0.39, 0.29) is 5.69 Å². The van der Waals surface area contributed by atoms with Crippen molar-refractivity contribution in [3.8, 4) is 11.1 Å². The quantitative estimate of drug-likeness (QED) is 0.359. The maximum absolute atomic E-state index is 13.9. The van der Waals surface area contributed by atoms with Gasteiger partial charge < -0.3 is 10.6 Å². The molecule has 2 N–H and O–H groups in total. The largest absolute Gasteiger partial charge is 0.323 e. The van der Waals surface area contributed by atoms with Gasteiger partial charge >= 0.3 is 6.03 Å². The molecule has 1 aromatic heterocycles. The van der Waals surface area contributed by atoms with E-state index in [2.05, 4.69) is 15.6 Å². The number of amides is 2. The van der Waals surface area contributed by atoms with Gasteiger partial charge in [0.15, 0.2) is 0 Å². The summed E-state index contributed by atoms with van der Waals surface area (Å²) in [5.74, 6) is -1.60. The third-order valence-electron chi connectivity index (χ3n) is 4.93. The zero-order chi connectivity index (χ0) is 22.0. The molecule has 4 aromatic rings. The molecule has 0 fully saturated rings. The second-order valence-electron chi connectivity index (χ2n) is 6.90. The van der Waals surface area contributed by atoms with E-state index in [4.69, 9.17) is 11.6 Å². The monoisotopic (exact) mass is 437 g/mol. The molecule has 0 saturated carbocycles. The SMILES string of the molecule is CCc1cccc2c(-c3ccccc3Cl)c(NC(=O)Nc3ccc(F)cc3F)cnc12. The number of urea groups is 1. The number of carbonyl (C=O) groups is 1. The fraction of sp³-hybridized carbons (Fsp3) is 0.0833. The molecule has 31 heavy (non-hydrogen) atoms. The van der Waals surface area contributed by atoms with Crippen LogP contribution in [0, 0.1) is 11.6 Å². The first-order chi connectivity index (χ1) is 15.0. The number of fused-ring (bicyclic) bond motifs is 1. The maximum atomic E-state index is 13.9. The van der Waals surface area contributed by atoms with Gasteiger partial charge in [0, 0.05) is 27.6 Å². The van der Waals surface area contributed by atoms with Gasteiger partial charge in [-0.25, -0.2) is 13.6 Å². The number of aryl methyl sites for hydroxylation is 1. The van der Waals surface area contributed by atoms with Crippen molar-refractivity contribution < 1.29 is 13.6 Å². The minimum atomic E-state index is -0.870. The van der Waals surface area contributed by atoms with Crippen LogP contribution in [-0.2, 0) is 6.42 Å². The van der Waals surface area contributed by atoms with Crippen molar-refractivity contribution in [2.75, 3.05) is 10.6 Å². The Morgan fingerprint density at radius 2 is 1.77 bits per heavy atom. The van der Waals surface area contributed by atoms with Crippen molar-refractivity contribution >= 4 is 39.9 Å². The number of anilines is 2. The molecule has 1 heterocycles. The average Bonchev–Trinajstić information content (AvgIpc) is 2.76. The van der Waals surface area contributed by atoms with Crippen molar-refractivity contribution in [1.29, 1.82) is 0 Å². The van der Waals surface area contributed by atoms with Gasteiger partial charge in [-0.15, -0.1) is 0 Å². The Kier molecular flexibility index (Phi) is 5.82. The van der Waals surface area contributed by atoms with Crippen LogP contribution in [0.5, 0.6) is 0 Å². The lowest BCUT2D eigenvalue weighted by Gasteiger charge is -2.17. The lowest BCUT2D eigenvalue weighted by Crippen LogP contribution is -2.21. The zero-order valence-electron chi connectivity index (χ0n) is 16.5. The summed E-state index contributed by atoms with van der Waals surface area (Å²) in [4.78, 5) is 17.2. The lowest BCUT2D eigenvalue weighted by atomic mass is 9.97. The molecule has 0 aliphatic carbocycles. The van der Waals surface area contributed by atoms with Gasteiger partial charge in [0.25, 0.3) is 0 Å². The van der Waals surface area contributed by atoms with Crippen molar-refractivity contribution in [2.24, 2.45) is 0 Å². The molecule has 4 nitrogen and oxygen atoms in total. The van der Waals surface area contributed by atoms with E-state index in [0.29, 0.717) is 22.3 Å². The zero-order valence-corrected chi connectivity index (χ0v) is 17.3. The van der Waals surface area contributed by atoms with Gasteiger partial charge in [-0.2, -0.15) is 0 Å². The van der Waals surface area contributed by atoms with Crippen molar-refractivity contribution in [2.45, 2.75) is 13.3 Å². The molecular formula is C24H18ClF2N3O. The predicted octanol–water partition coefficient (Wildman–Crippen LogP) is 7.04. The Bertz CT molecular complexity index is 1290. The summed E-state index contributed by atoms with van der Waals surface area (Å²) >= 11 is 6.47. The molecule has 0 unspecified atom stereocenters. The molecule has 7 heteroatoms. The van der Waals surface area contributed by atoms with Gasteiger partial charge in [-0.05, 0) is 30.2 Å². The van der Waals surface area contributed by atoms with E-state index >= 15 is 0 Å². The number of halogens is 3. The topological polar surface area (TPSA) is 54.0 Å². The Morgan fingerprint density at radius 3 is 2.52 bits per heavy atom. The Balaban J connectivity index is 1.79. The van der Waals surface area contributed by atoms with Crippen LogP contribution in [0.25, 0.3) is 22.0 Å². The molecule has 0 radical (unpaired) electrons. The molecule has 4 rings (SSSR count). The normalized spacial score (nSPS) is 10.8. The third-order valence-corrected chi connectivity index (χ3v) is 5.26. The Labute approximate surface area is 182 Å². The molecule has 0 saturated heterocycles. The van der Waals surface area contributed by atoms with Crippen LogP contribution < -0.4 is 10.6 Å². The molecule has 3 aromatic carbocycles. The molecule has 0 bridgehead atoms. The lowest BCUT2D eigenvalue weighted by molar-refractivity contribution is 0.262. The first-order valence-corrected chi connectivity index (χ1v) is 10.0. The number of pyridine rings is 1. The fourth-order valence-corrected chi connectivity index (χ4v) is 3.72. The minimum Gasteiger partial charge on any atom is -0.306 e. The molecule has 0 aliphatic heterocycles. The molecule has 0 spiro atoms. The van der Waals surface area contributed by atoms with Crippen LogP contribution in [-0.4, -0.2) is 11.0 Å². The van der Waals surface area contributed by atoms with Crippen LogP contribution in [0.2, 0.25) is 5.02 Å². The molecule has 0 atom stereocenters. The first-order valence-electron chi connectivity index (χ1n) is 9.66. The van der Waals surface area contributed by atoms with E-state index in [1.807, 2.05) is 43.3 Å². The number of carbonyl (C=O) groups excluding carboxylic acids is 1. The summed E-state index contributed by atoms with van der Waals surface area (Å²) in [7, 11) is 0. The third kappa shape index (κ3) is 4.20.